The highest BCUT2D eigenvalue weighted by atomic mass is 35.5. The number of methoxy groups -OCH3 is 2. The number of carbonyl (C=O) groups excluding carboxylic acids is 1. The number of halogens is 1. The monoisotopic (exact) mass is 344 g/mol. The zero-order valence-corrected chi connectivity index (χ0v) is 14.5. The van der Waals surface area contributed by atoms with E-state index < -0.39 is 0 Å². The Balaban J connectivity index is 0.00000264. The summed E-state index contributed by atoms with van der Waals surface area (Å²) in [6, 6.07) is 5.16. The molecule has 0 spiro atoms. The Bertz CT molecular complexity index is 471. The highest BCUT2D eigenvalue weighted by Crippen LogP contribution is 2.22. The molecule has 1 N–H and O–H groups in total. The van der Waals surface area contributed by atoms with Crippen molar-refractivity contribution in [1.82, 2.24) is 10.2 Å². The third kappa shape index (κ3) is 6.25. The molecule has 1 fully saturated rings. The Morgan fingerprint density at radius 2 is 1.78 bits per heavy atom. The van der Waals surface area contributed by atoms with Gasteiger partial charge in [-0.05, 0) is 25.1 Å². The van der Waals surface area contributed by atoms with Crippen LogP contribution in [0.3, 0.4) is 0 Å². The second-order valence-electron chi connectivity index (χ2n) is 5.16. The van der Waals surface area contributed by atoms with E-state index in [1.54, 1.807) is 32.4 Å². The smallest absolute Gasteiger partial charge is 0.251 e. The lowest BCUT2D eigenvalue weighted by Crippen LogP contribution is -2.38. The SMILES string of the molecule is COc1cc(OC)cc(C(=O)NCCCN2CCOCC2)c1.Cl. The molecule has 0 bridgehead atoms. The zero-order chi connectivity index (χ0) is 15.8. The number of nitrogens with one attached hydrogen (secondary N) is 1. The van der Waals surface area contributed by atoms with Gasteiger partial charge in [-0.2, -0.15) is 0 Å². The maximum absolute atomic E-state index is 12.2. The van der Waals surface area contributed by atoms with Gasteiger partial charge in [0, 0.05) is 31.3 Å². The normalized spacial score (nSPS) is 14.7. The molecular weight excluding hydrogens is 320 g/mol. The average molecular weight is 345 g/mol. The predicted octanol–water partition coefficient (Wildman–Crippen LogP) is 1.58. The van der Waals surface area contributed by atoms with Crippen LogP contribution in [0.15, 0.2) is 18.2 Å². The van der Waals surface area contributed by atoms with Crippen LogP contribution in [0, 0.1) is 0 Å². The van der Waals surface area contributed by atoms with Crippen LogP contribution >= 0.6 is 12.4 Å². The van der Waals surface area contributed by atoms with Crippen LogP contribution in [0.5, 0.6) is 11.5 Å². The molecule has 0 saturated carbocycles. The summed E-state index contributed by atoms with van der Waals surface area (Å²) >= 11 is 0. The lowest BCUT2D eigenvalue weighted by molar-refractivity contribution is 0.0374. The van der Waals surface area contributed by atoms with E-state index in [-0.39, 0.29) is 18.3 Å². The zero-order valence-electron chi connectivity index (χ0n) is 13.7. The molecule has 1 aromatic carbocycles. The summed E-state index contributed by atoms with van der Waals surface area (Å²) in [6.07, 6.45) is 0.923. The summed E-state index contributed by atoms with van der Waals surface area (Å²) in [5.41, 5.74) is 0.544. The molecule has 1 aliphatic rings. The van der Waals surface area contributed by atoms with Gasteiger partial charge in [-0.3, -0.25) is 9.69 Å². The molecule has 1 aromatic rings. The Hall–Kier alpha value is -1.50. The van der Waals surface area contributed by atoms with Gasteiger partial charge in [-0.1, -0.05) is 0 Å². The fourth-order valence-electron chi connectivity index (χ4n) is 2.37. The fraction of sp³-hybridized carbons (Fsp3) is 0.562. The molecule has 2 rings (SSSR count). The van der Waals surface area contributed by atoms with Crippen molar-refractivity contribution in [3.8, 4) is 11.5 Å². The summed E-state index contributed by atoms with van der Waals surface area (Å²) in [7, 11) is 3.14. The molecule has 0 radical (unpaired) electrons. The van der Waals surface area contributed by atoms with E-state index in [0.29, 0.717) is 23.6 Å². The first-order valence-corrected chi connectivity index (χ1v) is 7.54. The van der Waals surface area contributed by atoms with E-state index in [1.165, 1.54) is 0 Å². The number of amides is 1. The summed E-state index contributed by atoms with van der Waals surface area (Å²) < 4.78 is 15.7. The van der Waals surface area contributed by atoms with Crippen molar-refractivity contribution in [2.24, 2.45) is 0 Å². The summed E-state index contributed by atoms with van der Waals surface area (Å²) in [5, 5.41) is 2.93. The maximum Gasteiger partial charge on any atom is 0.251 e. The largest absolute Gasteiger partial charge is 0.497 e. The maximum atomic E-state index is 12.2. The Labute approximate surface area is 143 Å². The molecule has 1 amide bonds. The van der Waals surface area contributed by atoms with Gasteiger partial charge in [0.1, 0.15) is 11.5 Å². The number of ether oxygens (including phenoxy) is 3. The standard InChI is InChI=1S/C16H24N2O4.ClH/c1-20-14-10-13(11-15(12-14)21-2)16(19)17-4-3-5-18-6-8-22-9-7-18;/h10-12H,3-9H2,1-2H3,(H,17,19);1H. The van der Waals surface area contributed by atoms with Crippen molar-refractivity contribution >= 4 is 18.3 Å². The number of hydrogen-bond donors (Lipinski definition) is 1. The number of benzene rings is 1. The molecule has 0 atom stereocenters. The van der Waals surface area contributed by atoms with E-state index >= 15 is 0 Å². The van der Waals surface area contributed by atoms with Crippen LogP contribution in [0.2, 0.25) is 0 Å². The minimum atomic E-state index is -0.112. The van der Waals surface area contributed by atoms with Crippen LogP contribution < -0.4 is 14.8 Å². The van der Waals surface area contributed by atoms with Crippen LogP contribution in [-0.4, -0.2) is 64.4 Å². The van der Waals surface area contributed by atoms with E-state index in [1.807, 2.05) is 0 Å². The number of rotatable bonds is 7. The third-order valence-corrected chi connectivity index (χ3v) is 3.65. The average Bonchev–Trinajstić information content (AvgIpc) is 2.58. The topological polar surface area (TPSA) is 60.0 Å². The summed E-state index contributed by atoms with van der Waals surface area (Å²) in [6.45, 7) is 5.18. The molecule has 1 aliphatic heterocycles. The minimum absolute atomic E-state index is 0. The number of nitrogens with zero attached hydrogens (tertiary/aromatic N) is 1. The highest BCUT2D eigenvalue weighted by molar-refractivity contribution is 5.95. The second kappa shape index (κ2) is 10.3. The van der Waals surface area contributed by atoms with Crippen LogP contribution in [0.1, 0.15) is 16.8 Å². The fourth-order valence-corrected chi connectivity index (χ4v) is 2.37. The molecule has 1 heterocycles. The van der Waals surface area contributed by atoms with Gasteiger partial charge in [-0.25, -0.2) is 0 Å². The first-order chi connectivity index (χ1) is 10.7. The molecule has 23 heavy (non-hydrogen) atoms. The summed E-state index contributed by atoms with van der Waals surface area (Å²) in [4.78, 5) is 14.5. The predicted molar refractivity (Wildman–Crippen MR) is 91.0 cm³/mol. The van der Waals surface area contributed by atoms with E-state index in [9.17, 15) is 4.79 Å². The van der Waals surface area contributed by atoms with Gasteiger partial charge < -0.3 is 19.5 Å². The van der Waals surface area contributed by atoms with Gasteiger partial charge >= 0.3 is 0 Å². The lowest BCUT2D eigenvalue weighted by Gasteiger charge is -2.26. The molecule has 0 aromatic heterocycles. The van der Waals surface area contributed by atoms with Crippen molar-refractivity contribution in [1.29, 1.82) is 0 Å². The van der Waals surface area contributed by atoms with Gasteiger partial charge in [-0.15, -0.1) is 12.4 Å². The van der Waals surface area contributed by atoms with Crippen molar-refractivity contribution in [3.63, 3.8) is 0 Å². The van der Waals surface area contributed by atoms with Crippen molar-refractivity contribution in [2.45, 2.75) is 6.42 Å². The Morgan fingerprint density at radius 3 is 2.35 bits per heavy atom. The van der Waals surface area contributed by atoms with E-state index in [0.717, 1.165) is 39.3 Å². The van der Waals surface area contributed by atoms with Gasteiger partial charge in [0.15, 0.2) is 0 Å². The molecule has 7 heteroatoms. The second-order valence-corrected chi connectivity index (χ2v) is 5.16. The Kier molecular flexibility index (Phi) is 8.76. The van der Waals surface area contributed by atoms with Gasteiger partial charge in [0.25, 0.3) is 5.91 Å². The third-order valence-electron chi connectivity index (χ3n) is 3.65. The lowest BCUT2D eigenvalue weighted by atomic mass is 10.2. The van der Waals surface area contributed by atoms with Crippen molar-refractivity contribution in [2.75, 3.05) is 53.6 Å². The number of hydrogen-bond acceptors (Lipinski definition) is 5. The van der Waals surface area contributed by atoms with Gasteiger partial charge in [0.05, 0.1) is 27.4 Å². The number of morpholine rings is 1. The molecule has 0 aliphatic carbocycles. The highest BCUT2D eigenvalue weighted by Gasteiger charge is 2.11. The van der Waals surface area contributed by atoms with Crippen molar-refractivity contribution in [3.05, 3.63) is 23.8 Å². The molecule has 130 valence electrons. The van der Waals surface area contributed by atoms with Crippen LogP contribution in [0.4, 0.5) is 0 Å². The number of carbonyl (C=O) groups is 1. The van der Waals surface area contributed by atoms with Gasteiger partial charge in [0.2, 0.25) is 0 Å². The quantitative estimate of drug-likeness (QED) is 0.761. The molecule has 1 saturated heterocycles. The van der Waals surface area contributed by atoms with Crippen LogP contribution in [-0.2, 0) is 4.74 Å². The Morgan fingerprint density at radius 1 is 1.17 bits per heavy atom. The van der Waals surface area contributed by atoms with E-state index in [2.05, 4.69) is 10.2 Å². The first-order valence-electron chi connectivity index (χ1n) is 7.54. The molecule has 6 nitrogen and oxygen atoms in total. The van der Waals surface area contributed by atoms with Crippen molar-refractivity contribution < 1.29 is 19.0 Å². The van der Waals surface area contributed by atoms with E-state index in [4.69, 9.17) is 14.2 Å². The molecular formula is C16H25ClN2O4. The minimum Gasteiger partial charge on any atom is -0.497 e. The molecule has 0 unspecified atom stereocenters. The van der Waals surface area contributed by atoms with Crippen LogP contribution in [0.25, 0.3) is 0 Å². The summed E-state index contributed by atoms with van der Waals surface area (Å²) in [5.74, 6) is 1.11. The first kappa shape index (κ1) is 19.5.